The lowest BCUT2D eigenvalue weighted by Crippen LogP contribution is -2.65. The molecule has 0 aromatic heterocycles. The van der Waals surface area contributed by atoms with E-state index < -0.39 is 58.0 Å². The van der Waals surface area contributed by atoms with Gasteiger partial charge in [-0.1, -0.05) is 29.8 Å². The fourth-order valence-corrected chi connectivity index (χ4v) is 6.27. The van der Waals surface area contributed by atoms with Crippen LogP contribution >= 0.6 is 11.6 Å². The number of primary amides is 1. The topological polar surface area (TPSA) is 161 Å². The summed E-state index contributed by atoms with van der Waals surface area (Å²) in [4.78, 5) is 40.5. The zero-order valence-electron chi connectivity index (χ0n) is 20.0. The molecule has 6 N–H and O–H groups in total. The first-order valence-corrected chi connectivity index (χ1v) is 12.0. The van der Waals surface area contributed by atoms with E-state index in [1.807, 2.05) is 0 Å². The van der Waals surface area contributed by atoms with E-state index in [4.69, 9.17) is 17.3 Å². The molecular formula is C27H25ClN2O7. The zero-order chi connectivity index (χ0) is 27.0. The molecule has 1 saturated carbocycles. The highest BCUT2D eigenvalue weighted by atomic mass is 35.5. The lowest BCUT2D eigenvalue weighted by atomic mass is 9.57. The fraction of sp³-hybridized carbons (Fsp3) is 0.296. The molecule has 0 unspecified atom stereocenters. The third-order valence-electron chi connectivity index (χ3n) is 7.76. The molecule has 192 valence electrons. The first kappa shape index (κ1) is 25.0. The number of aromatic hydroxyl groups is 1. The molecular weight excluding hydrogens is 500 g/mol. The van der Waals surface area contributed by atoms with Gasteiger partial charge in [-0.25, -0.2) is 0 Å². The fourth-order valence-electron chi connectivity index (χ4n) is 6.14. The highest BCUT2D eigenvalue weighted by Gasteiger charge is 2.64. The van der Waals surface area contributed by atoms with Gasteiger partial charge in [0.25, 0.3) is 5.91 Å². The van der Waals surface area contributed by atoms with Crippen molar-refractivity contribution in [2.45, 2.75) is 24.5 Å². The number of hydrogen-bond acceptors (Lipinski definition) is 8. The maximum Gasteiger partial charge on any atom is 0.255 e. The molecule has 3 aliphatic rings. The molecule has 9 nitrogen and oxygen atoms in total. The van der Waals surface area contributed by atoms with Crippen molar-refractivity contribution in [2.75, 3.05) is 14.1 Å². The number of aliphatic hydroxyl groups is 3. The zero-order valence-corrected chi connectivity index (χ0v) is 20.8. The molecule has 3 aliphatic carbocycles. The molecule has 2 aromatic rings. The summed E-state index contributed by atoms with van der Waals surface area (Å²) >= 11 is 6.04. The van der Waals surface area contributed by atoms with Crippen molar-refractivity contribution in [1.82, 2.24) is 4.90 Å². The Labute approximate surface area is 217 Å². The number of likely N-dealkylation sites (N-methyl/N-ethyl adjacent to an activating group) is 1. The second-order valence-electron chi connectivity index (χ2n) is 9.95. The normalized spacial score (nSPS) is 27.2. The van der Waals surface area contributed by atoms with Crippen LogP contribution in [0.5, 0.6) is 5.75 Å². The van der Waals surface area contributed by atoms with Crippen LogP contribution < -0.4 is 5.73 Å². The Hall–Kier alpha value is -3.66. The molecule has 1 fully saturated rings. The van der Waals surface area contributed by atoms with Crippen LogP contribution in [0, 0.1) is 11.8 Å². The minimum atomic E-state index is -2.66. The van der Waals surface area contributed by atoms with Crippen LogP contribution in [0.15, 0.2) is 53.3 Å². The van der Waals surface area contributed by atoms with Crippen molar-refractivity contribution >= 4 is 34.8 Å². The van der Waals surface area contributed by atoms with Gasteiger partial charge in [0.2, 0.25) is 5.78 Å². The molecule has 10 heteroatoms. The van der Waals surface area contributed by atoms with Crippen LogP contribution in [0.4, 0.5) is 0 Å². The van der Waals surface area contributed by atoms with Crippen molar-refractivity contribution in [3.63, 3.8) is 0 Å². The molecule has 0 spiro atoms. The summed E-state index contributed by atoms with van der Waals surface area (Å²) in [5.41, 5.74) is 3.79. The Morgan fingerprint density at radius 2 is 1.73 bits per heavy atom. The first-order valence-electron chi connectivity index (χ1n) is 11.6. The van der Waals surface area contributed by atoms with Crippen molar-refractivity contribution in [1.29, 1.82) is 0 Å². The van der Waals surface area contributed by atoms with Crippen molar-refractivity contribution in [2.24, 2.45) is 17.6 Å². The van der Waals surface area contributed by atoms with E-state index in [-0.39, 0.29) is 29.7 Å². The number of Topliss-reactive ketones (excluding diaryl/α,β-unsaturated/α-hetero) is 2. The molecule has 4 atom stereocenters. The smallest absolute Gasteiger partial charge is 0.255 e. The first-order chi connectivity index (χ1) is 17.4. The van der Waals surface area contributed by atoms with Gasteiger partial charge in [0.05, 0.1) is 11.6 Å². The predicted molar refractivity (Wildman–Crippen MR) is 135 cm³/mol. The average molecular weight is 525 g/mol. The maximum atomic E-state index is 13.9. The highest BCUT2D eigenvalue weighted by molar-refractivity contribution is 6.30. The van der Waals surface area contributed by atoms with E-state index >= 15 is 0 Å². The molecule has 0 saturated heterocycles. The van der Waals surface area contributed by atoms with Crippen molar-refractivity contribution in [3.05, 3.63) is 69.5 Å². The number of nitrogens with two attached hydrogens (primary N) is 1. The number of fused-ring (bicyclic) bond motifs is 3. The number of halogens is 1. The predicted octanol–water partition coefficient (Wildman–Crippen LogP) is 2.28. The SMILES string of the molecule is CN(C)[C@@H]1C(=O)C(C(N)=O)=C(O)[C@@]2(O)C(=O)C3=C(O)c4c(O)ccc(-c5ccc(Cl)cc5)c4C[C@H]3C[C@@H]12. The number of nitrogens with zero attached hydrogens (tertiary/aromatic N) is 1. The van der Waals surface area contributed by atoms with Crippen molar-refractivity contribution in [3.8, 4) is 16.9 Å². The Kier molecular flexibility index (Phi) is 5.71. The van der Waals surface area contributed by atoms with Gasteiger partial charge in [0.15, 0.2) is 11.4 Å². The lowest BCUT2D eigenvalue weighted by molar-refractivity contribution is -0.153. The summed E-state index contributed by atoms with van der Waals surface area (Å²) < 4.78 is 0. The molecule has 2 aromatic carbocycles. The molecule has 37 heavy (non-hydrogen) atoms. The van der Waals surface area contributed by atoms with E-state index in [1.54, 1.807) is 44.4 Å². The Bertz CT molecular complexity index is 1440. The van der Waals surface area contributed by atoms with Gasteiger partial charge in [-0.3, -0.25) is 19.3 Å². The number of carbonyl (C=O) groups excluding carboxylic acids is 3. The number of ketones is 2. The van der Waals surface area contributed by atoms with E-state index in [1.165, 1.54) is 11.0 Å². The summed E-state index contributed by atoms with van der Waals surface area (Å²) in [6, 6.07) is 9.00. The van der Waals surface area contributed by atoms with Gasteiger partial charge in [-0.05, 0) is 67.7 Å². The minimum absolute atomic E-state index is 0.0292. The maximum absolute atomic E-state index is 13.9. The van der Waals surface area contributed by atoms with Crippen LogP contribution in [0.1, 0.15) is 17.5 Å². The number of phenols is 1. The van der Waals surface area contributed by atoms with Gasteiger partial charge >= 0.3 is 0 Å². The lowest BCUT2D eigenvalue weighted by Gasteiger charge is -2.50. The number of rotatable bonds is 3. The van der Waals surface area contributed by atoms with Crippen LogP contribution in [0.2, 0.25) is 5.02 Å². The van der Waals surface area contributed by atoms with E-state index in [9.17, 15) is 34.8 Å². The third kappa shape index (κ3) is 3.42. The number of phenolic OH excluding ortho intramolecular Hbond substituents is 1. The van der Waals surface area contributed by atoms with Gasteiger partial charge in [-0.15, -0.1) is 0 Å². The Morgan fingerprint density at radius 3 is 2.32 bits per heavy atom. The molecule has 0 bridgehead atoms. The van der Waals surface area contributed by atoms with Crippen LogP contribution in [0.25, 0.3) is 16.9 Å². The van der Waals surface area contributed by atoms with E-state index in [0.29, 0.717) is 16.1 Å². The summed E-state index contributed by atoms with van der Waals surface area (Å²) in [7, 11) is 3.12. The number of benzene rings is 2. The monoisotopic (exact) mass is 524 g/mol. The second-order valence-corrected chi connectivity index (χ2v) is 10.4. The summed E-state index contributed by atoms with van der Waals surface area (Å²) in [6.07, 6.45) is 0.238. The van der Waals surface area contributed by atoms with E-state index in [2.05, 4.69) is 0 Å². The van der Waals surface area contributed by atoms with Crippen LogP contribution in [-0.4, -0.2) is 68.5 Å². The number of aliphatic hydroxyl groups excluding tert-OH is 2. The molecule has 0 radical (unpaired) electrons. The minimum Gasteiger partial charge on any atom is -0.508 e. The quantitative estimate of drug-likeness (QED) is 0.382. The standard InChI is InChI=1S/C27H25ClN2O7/c1-30(2)21-16-10-12-9-15-14(11-3-5-13(28)6-4-11)7-8-17(31)19(15)22(32)18(12)24(34)27(16,37)25(35)20(23(21)33)26(29)36/h3-8,12,16,21,31-32,35,37H,9-10H2,1-2H3,(H2,29,36)/t12-,16-,21-,27-/m0/s1. The summed E-state index contributed by atoms with van der Waals surface area (Å²) in [5.74, 6) is -6.76. The molecule has 1 amide bonds. The number of carbonyl (C=O) groups is 3. The Morgan fingerprint density at radius 1 is 1.08 bits per heavy atom. The Balaban J connectivity index is 1.74. The molecule has 0 heterocycles. The molecule has 5 rings (SSSR count). The van der Waals surface area contributed by atoms with Crippen LogP contribution in [0.3, 0.4) is 0 Å². The van der Waals surface area contributed by atoms with Gasteiger partial charge in [0.1, 0.15) is 22.8 Å². The van der Waals surface area contributed by atoms with Crippen molar-refractivity contribution < 1.29 is 34.8 Å². The van der Waals surface area contributed by atoms with E-state index in [0.717, 1.165) is 5.56 Å². The highest BCUT2D eigenvalue weighted by Crippen LogP contribution is 2.53. The second kappa shape index (κ2) is 8.44. The van der Waals surface area contributed by atoms with Gasteiger partial charge in [0, 0.05) is 16.5 Å². The third-order valence-corrected chi connectivity index (χ3v) is 8.01. The van der Waals surface area contributed by atoms with Gasteiger partial charge in [-0.2, -0.15) is 0 Å². The molecule has 0 aliphatic heterocycles. The summed E-state index contributed by atoms with van der Waals surface area (Å²) in [5, 5.41) is 45.1. The number of hydrogen-bond donors (Lipinski definition) is 5. The average Bonchev–Trinajstić information content (AvgIpc) is 2.82. The van der Waals surface area contributed by atoms with Gasteiger partial charge < -0.3 is 26.2 Å². The number of amides is 1. The largest absolute Gasteiger partial charge is 0.508 e. The summed E-state index contributed by atoms with van der Waals surface area (Å²) in [6.45, 7) is 0. The van der Waals surface area contributed by atoms with Crippen LogP contribution in [-0.2, 0) is 20.8 Å².